The van der Waals surface area contributed by atoms with Crippen LogP contribution in [0.25, 0.3) is 0 Å². The summed E-state index contributed by atoms with van der Waals surface area (Å²) in [5.74, 6) is -0.416. The molecule has 3 rings (SSSR count). The summed E-state index contributed by atoms with van der Waals surface area (Å²) >= 11 is 2.13. The fraction of sp³-hybridized carbons (Fsp3) is 0.278. The first kappa shape index (κ1) is 18.3. The summed E-state index contributed by atoms with van der Waals surface area (Å²) in [5.41, 5.74) is 0.839. The third-order valence-corrected chi connectivity index (χ3v) is 7.08. The summed E-state index contributed by atoms with van der Waals surface area (Å²) in [6, 6.07) is 13.8. The number of hydrogen-bond donors (Lipinski definition) is 1. The Balaban J connectivity index is 1.93. The first-order valence-electron chi connectivity index (χ1n) is 8.15. The van der Waals surface area contributed by atoms with E-state index in [-0.39, 0.29) is 10.5 Å². The number of carbonyl (C=O) groups excluding carboxylic acids is 1. The van der Waals surface area contributed by atoms with Gasteiger partial charge in [-0.15, -0.1) is 0 Å². The zero-order valence-corrected chi connectivity index (χ0v) is 16.6. The van der Waals surface area contributed by atoms with E-state index in [4.69, 9.17) is 0 Å². The predicted molar refractivity (Wildman–Crippen MR) is 106 cm³/mol. The number of nitrogens with one attached hydrogen (secondary N) is 1. The molecule has 0 aromatic heterocycles. The molecule has 2 aromatic rings. The van der Waals surface area contributed by atoms with Crippen molar-refractivity contribution in [3.05, 3.63) is 57.7 Å². The minimum absolute atomic E-state index is 0.0698. The van der Waals surface area contributed by atoms with Crippen molar-refractivity contribution in [1.29, 1.82) is 0 Å². The van der Waals surface area contributed by atoms with Gasteiger partial charge in [0.05, 0.1) is 16.1 Å². The van der Waals surface area contributed by atoms with E-state index in [0.717, 1.165) is 22.8 Å². The number of halogens is 1. The summed E-state index contributed by atoms with van der Waals surface area (Å²) < 4.78 is 28.3. The Bertz CT molecular complexity index is 877. The van der Waals surface area contributed by atoms with Crippen LogP contribution in [0.4, 0.5) is 5.69 Å². The maximum Gasteiger partial charge on any atom is 0.257 e. The van der Waals surface area contributed by atoms with Crippen molar-refractivity contribution in [3.63, 3.8) is 0 Å². The summed E-state index contributed by atoms with van der Waals surface area (Å²) in [6.07, 6.45) is 2.76. The van der Waals surface area contributed by atoms with Crippen LogP contribution in [0.1, 0.15) is 29.6 Å². The molecule has 0 atom stereocenters. The number of hydrogen-bond acceptors (Lipinski definition) is 3. The Hall–Kier alpha value is -1.45. The molecule has 2 aromatic carbocycles. The number of piperidine rings is 1. The van der Waals surface area contributed by atoms with Gasteiger partial charge < -0.3 is 5.32 Å². The number of rotatable bonds is 4. The van der Waals surface area contributed by atoms with Gasteiger partial charge in [0.1, 0.15) is 0 Å². The van der Waals surface area contributed by atoms with Gasteiger partial charge in [0.15, 0.2) is 0 Å². The molecule has 5 nitrogen and oxygen atoms in total. The van der Waals surface area contributed by atoms with E-state index in [2.05, 4.69) is 27.9 Å². The van der Waals surface area contributed by atoms with E-state index in [1.165, 1.54) is 10.4 Å². The quantitative estimate of drug-likeness (QED) is 0.693. The number of amides is 1. The Morgan fingerprint density at radius 1 is 0.960 bits per heavy atom. The first-order valence-corrected chi connectivity index (χ1v) is 10.7. The van der Waals surface area contributed by atoms with Crippen LogP contribution < -0.4 is 5.32 Å². The van der Waals surface area contributed by atoms with Crippen molar-refractivity contribution in [2.45, 2.75) is 24.2 Å². The maximum atomic E-state index is 13.0. The summed E-state index contributed by atoms with van der Waals surface area (Å²) in [7, 11) is -3.67. The van der Waals surface area contributed by atoms with E-state index in [1.807, 2.05) is 18.2 Å². The van der Waals surface area contributed by atoms with Crippen LogP contribution in [0.3, 0.4) is 0 Å². The van der Waals surface area contributed by atoms with Gasteiger partial charge in [0.25, 0.3) is 5.91 Å². The van der Waals surface area contributed by atoms with E-state index in [0.29, 0.717) is 18.8 Å². The van der Waals surface area contributed by atoms with E-state index < -0.39 is 15.9 Å². The zero-order chi connectivity index (χ0) is 17.9. The minimum Gasteiger partial charge on any atom is -0.321 e. The van der Waals surface area contributed by atoms with Crippen LogP contribution >= 0.6 is 22.6 Å². The SMILES string of the molecule is O=C(Nc1ccccc1I)c1ccccc1S(=O)(=O)N1CCCCC1. The van der Waals surface area contributed by atoms with Crippen LogP contribution in [0.5, 0.6) is 0 Å². The largest absolute Gasteiger partial charge is 0.321 e. The van der Waals surface area contributed by atoms with Gasteiger partial charge in [-0.25, -0.2) is 8.42 Å². The molecule has 1 aliphatic rings. The Labute approximate surface area is 161 Å². The van der Waals surface area contributed by atoms with Crippen molar-refractivity contribution in [2.75, 3.05) is 18.4 Å². The van der Waals surface area contributed by atoms with Crippen LogP contribution in [0, 0.1) is 3.57 Å². The lowest BCUT2D eigenvalue weighted by Gasteiger charge is -2.26. The molecule has 0 unspecified atom stereocenters. The first-order chi connectivity index (χ1) is 12.0. The standard InChI is InChI=1S/C18H19IN2O3S/c19-15-9-3-4-10-16(15)20-18(22)14-8-2-5-11-17(14)25(23,24)21-12-6-1-7-13-21/h2-5,8-11H,1,6-7,12-13H2,(H,20,22). The van der Waals surface area contributed by atoms with Gasteiger partial charge in [-0.2, -0.15) is 4.31 Å². The molecule has 1 heterocycles. The number of para-hydroxylation sites is 1. The number of carbonyl (C=O) groups is 1. The molecular weight excluding hydrogens is 451 g/mol. The molecule has 132 valence electrons. The van der Waals surface area contributed by atoms with Crippen LogP contribution in [0.2, 0.25) is 0 Å². The molecule has 25 heavy (non-hydrogen) atoms. The van der Waals surface area contributed by atoms with Crippen LogP contribution in [-0.4, -0.2) is 31.7 Å². The monoisotopic (exact) mass is 470 g/mol. The molecule has 0 aliphatic carbocycles. The molecule has 1 amide bonds. The normalized spacial score (nSPS) is 15.7. The maximum absolute atomic E-state index is 13.0. The molecule has 0 saturated carbocycles. The fourth-order valence-electron chi connectivity index (χ4n) is 2.88. The van der Waals surface area contributed by atoms with Gasteiger partial charge in [0.2, 0.25) is 10.0 Å². The Morgan fingerprint density at radius 3 is 2.32 bits per heavy atom. The topological polar surface area (TPSA) is 66.5 Å². The highest BCUT2D eigenvalue weighted by Gasteiger charge is 2.29. The highest BCUT2D eigenvalue weighted by molar-refractivity contribution is 14.1. The highest BCUT2D eigenvalue weighted by Crippen LogP contribution is 2.25. The van der Waals surface area contributed by atoms with Crippen molar-refractivity contribution in [3.8, 4) is 0 Å². The lowest BCUT2D eigenvalue weighted by atomic mass is 10.2. The lowest BCUT2D eigenvalue weighted by molar-refractivity contribution is 0.102. The Morgan fingerprint density at radius 2 is 1.60 bits per heavy atom. The zero-order valence-electron chi connectivity index (χ0n) is 13.6. The fourth-order valence-corrected chi connectivity index (χ4v) is 5.10. The second kappa shape index (κ2) is 7.84. The van der Waals surface area contributed by atoms with E-state index in [1.54, 1.807) is 24.3 Å². The molecule has 1 aliphatic heterocycles. The number of anilines is 1. The molecule has 0 bridgehead atoms. The molecule has 7 heteroatoms. The van der Waals surface area contributed by atoms with Crippen LogP contribution in [0.15, 0.2) is 53.4 Å². The third-order valence-electron chi connectivity index (χ3n) is 4.19. The van der Waals surface area contributed by atoms with Gasteiger partial charge >= 0.3 is 0 Å². The third kappa shape index (κ3) is 4.04. The van der Waals surface area contributed by atoms with Crippen LogP contribution in [-0.2, 0) is 10.0 Å². The molecule has 1 saturated heterocycles. The van der Waals surface area contributed by atoms with Crippen molar-refractivity contribution in [2.24, 2.45) is 0 Å². The van der Waals surface area contributed by atoms with Gasteiger partial charge in [0, 0.05) is 16.7 Å². The average molecular weight is 470 g/mol. The van der Waals surface area contributed by atoms with E-state index in [9.17, 15) is 13.2 Å². The molecule has 0 spiro atoms. The van der Waals surface area contributed by atoms with Gasteiger partial charge in [-0.3, -0.25) is 4.79 Å². The number of sulfonamides is 1. The Kier molecular flexibility index (Phi) is 5.75. The lowest BCUT2D eigenvalue weighted by Crippen LogP contribution is -2.36. The second-order valence-corrected chi connectivity index (χ2v) is 8.96. The highest BCUT2D eigenvalue weighted by atomic mass is 127. The molecule has 1 N–H and O–H groups in total. The smallest absolute Gasteiger partial charge is 0.257 e. The number of benzene rings is 2. The molecule has 0 radical (unpaired) electrons. The summed E-state index contributed by atoms with van der Waals surface area (Å²) in [4.78, 5) is 12.8. The predicted octanol–water partition coefficient (Wildman–Crippen LogP) is 3.72. The second-order valence-electron chi connectivity index (χ2n) is 5.89. The molecular formula is C18H19IN2O3S. The van der Waals surface area contributed by atoms with Crippen molar-refractivity contribution >= 4 is 44.2 Å². The summed E-state index contributed by atoms with van der Waals surface area (Å²) in [5, 5.41) is 2.81. The minimum atomic E-state index is -3.67. The summed E-state index contributed by atoms with van der Waals surface area (Å²) in [6.45, 7) is 1.02. The van der Waals surface area contributed by atoms with Crippen molar-refractivity contribution in [1.82, 2.24) is 4.31 Å². The van der Waals surface area contributed by atoms with E-state index >= 15 is 0 Å². The van der Waals surface area contributed by atoms with Gasteiger partial charge in [-0.1, -0.05) is 30.7 Å². The van der Waals surface area contributed by atoms with Crippen molar-refractivity contribution < 1.29 is 13.2 Å². The number of nitrogens with zero attached hydrogens (tertiary/aromatic N) is 1. The van der Waals surface area contributed by atoms with Gasteiger partial charge in [-0.05, 0) is 59.7 Å². The average Bonchev–Trinajstić information content (AvgIpc) is 2.64. The molecule has 1 fully saturated rings.